The van der Waals surface area contributed by atoms with E-state index in [1.54, 1.807) is 0 Å². The number of alkyl halides is 1. The summed E-state index contributed by atoms with van der Waals surface area (Å²) in [5.74, 6) is 0.583. The van der Waals surface area contributed by atoms with Gasteiger partial charge in [0.15, 0.2) is 0 Å². The highest BCUT2D eigenvalue weighted by Gasteiger charge is 2.00. The Morgan fingerprint density at radius 1 is 1.33 bits per heavy atom. The summed E-state index contributed by atoms with van der Waals surface area (Å²) in [5, 5.41) is 2.85. The Morgan fingerprint density at radius 2 is 2.00 bits per heavy atom. The molecule has 1 N–H and O–H groups in total. The molecule has 82 valence electrons. The van der Waals surface area contributed by atoms with Crippen LogP contribution in [-0.4, -0.2) is 5.91 Å². The molecule has 2 nitrogen and oxygen atoms in total. The average Bonchev–Trinajstić information content (AvgIpc) is 2.27. The number of carbonyl (C=O) groups is 1. The lowest BCUT2D eigenvalue weighted by atomic mass is 10.2. The Labute approximate surface area is 95.6 Å². The van der Waals surface area contributed by atoms with Crippen LogP contribution in [-0.2, 0) is 10.7 Å². The Hall–Kier alpha value is -1.02. The lowest BCUT2D eigenvalue weighted by Gasteiger charge is -2.04. The monoisotopic (exact) mass is 225 g/mol. The number of hydrogen-bond donors (Lipinski definition) is 1. The summed E-state index contributed by atoms with van der Waals surface area (Å²) >= 11 is 5.67. The minimum absolute atomic E-state index is 0.0791. The molecule has 0 bridgehead atoms. The van der Waals surface area contributed by atoms with E-state index < -0.39 is 0 Å². The van der Waals surface area contributed by atoms with E-state index in [4.69, 9.17) is 11.6 Å². The van der Waals surface area contributed by atoms with Crippen molar-refractivity contribution in [2.45, 2.75) is 32.1 Å². The van der Waals surface area contributed by atoms with Crippen molar-refractivity contribution >= 4 is 23.2 Å². The minimum atomic E-state index is 0.0791. The summed E-state index contributed by atoms with van der Waals surface area (Å²) in [4.78, 5) is 11.4. The third-order valence-corrected chi connectivity index (χ3v) is 2.46. The summed E-state index contributed by atoms with van der Waals surface area (Å²) in [6.07, 6.45) is 2.57. The molecular formula is C12H16ClNO. The van der Waals surface area contributed by atoms with E-state index >= 15 is 0 Å². The molecule has 1 aromatic rings. The van der Waals surface area contributed by atoms with Crippen LogP contribution in [0.1, 0.15) is 31.7 Å². The van der Waals surface area contributed by atoms with Crippen LogP contribution >= 0.6 is 11.6 Å². The van der Waals surface area contributed by atoms with E-state index in [9.17, 15) is 4.79 Å². The molecule has 1 amide bonds. The topological polar surface area (TPSA) is 29.1 Å². The zero-order valence-corrected chi connectivity index (χ0v) is 9.68. The van der Waals surface area contributed by atoms with Crippen molar-refractivity contribution in [1.82, 2.24) is 0 Å². The van der Waals surface area contributed by atoms with Crippen LogP contribution in [0.2, 0.25) is 0 Å². The normalized spacial score (nSPS) is 10.0. The molecule has 0 radical (unpaired) electrons. The third-order valence-electron chi connectivity index (χ3n) is 2.15. The second kappa shape index (κ2) is 6.46. The first-order valence-electron chi connectivity index (χ1n) is 5.21. The molecular weight excluding hydrogens is 210 g/mol. The Kier molecular flexibility index (Phi) is 5.19. The highest BCUT2D eigenvalue weighted by atomic mass is 35.5. The van der Waals surface area contributed by atoms with Crippen molar-refractivity contribution in [3.63, 3.8) is 0 Å². The maximum Gasteiger partial charge on any atom is 0.224 e. The van der Waals surface area contributed by atoms with Crippen molar-refractivity contribution in [3.05, 3.63) is 29.8 Å². The maximum absolute atomic E-state index is 11.4. The molecule has 0 saturated carbocycles. The van der Waals surface area contributed by atoms with Gasteiger partial charge in [0.25, 0.3) is 0 Å². The summed E-state index contributed by atoms with van der Waals surface area (Å²) in [6, 6.07) is 7.59. The molecule has 0 atom stereocenters. The van der Waals surface area contributed by atoms with Gasteiger partial charge in [0, 0.05) is 18.0 Å². The predicted octanol–water partition coefficient (Wildman–Crippen LogP) is 3.55. The van der Waals surface area contributed by atoms with Crippen LogP contribution in [0.4, 0.5) is 5.69 Å². The average molecular weight is 226 g/mol. The van der Waals surface area contributed by atoms with Gasteiger partial charge in [0.2, 0.25) is 5.91 Å². The molecule has 0 fully saturated rings. The van der Waals surface area contributed by atoms with Crippen molar-refractivity contribution in [3.8, 4) is 0 Å². The van der Waals surface area contributed by atoms with Gasteiger partial charge < -0.3 is 5.32 Å². The molecule has 0 unspecified atom stereocenters. The lowest BCUT2D eigenvalue weighted by molar-refractivity contribution is -0.116. The first-order valence-corrected chi connectivity index (χ1v) is 5.74. The van der Waals surface area contributed by atoms with Crippen LogP contribution in [0, 0.1) is 0 Å². The van der Waals surface area contributed by atoms with E-state index in [1.807, 2.05) is 24.3 Å². The number of amides is 1. The molecule has 0 aliphatic rings. The SMILES string of the molecule is CCCCC(=O)Nc1ccc(CCl)cc1. The van der Waals surface area contributed by atoms with Crippen molar-refractivity contribution in [2.24, 2.45) is 0 Å². The maximum atomic E-state index is 11.4. The van der Waals surface area contributed by atoms with E-state index in [0.717, 1.165) is 24.1 Å². The fourth-order valence-corrected chi connectivity index (χ4v) is 1.42. The van der Waals surface area contributed by atoms with Crippen LogP contribution < -0.4 is 5.32 Å². The molecule has 0 heterocycles. The van der Waals surface area contributed by atoms with Crippen LogP contribution in [0.15, 0.2) is 24.3 Å². The standard InChI is InChI=1S/C12H16ClNO/c1-2-3-4-12(15)14-11-7-5-10(9-13)6-8-11/h5-8H,2-4,9H2,1H3,(H,14,15). The first kappa shape index (κ1) is 12.1. The van der Waals surface area contributed by atoms with Gasteiger partial charge >= 0.3 is 0 Å². The number of benzene rings is 1. The van der Waals surface area contributed by atoms with Crippen LogP contribution in [0.5, 0.6) is 0 Å². The largest absolute Gasteiger partial charge is 0.326 e. The van der Waals surface area contributed by atoms with E-state index in [-0.39, 0.29) is 5.91 Å². The zero-order valence-electron chi connectivity index (χ0n) is 8.92. The Bertz CT molecular complexity index is 308. The molecule has 0 spiro atoms. The van der Waals surface area contributed by atoms with Gasteiger partial charge in [-0.2, -0.15) is 0 Å². The second-order valence-corrected chi connectivity index (χ2v) is 3.75. The highest BCUT2D eigenvalue weighted by molar-refractivity contribution is 6.17. The van der Waals surface area contributed by atoms with Crippen LogP contribution in [0.25, 0.3) is 0 Å². The van der Waals surface area contributed by atoms with Gasteiger partial charge in [0.1, 0.15) is 0 Å². The van der Waals surface area contributed by atoms with Gasteiger partial charge in [-0.25, -0.2) is 0 Å². The number of hydrogen-bond acceptors (Lipinski definition) is 1. The number of unbranched alkanes of at least 4 members (excludes halogenated alkanes) is 1. The molecule has 3 heteroatoms. The number of rotatable bonds is 5. The lowest BCUT2D eigenvalue weighted by Crippen LogP contribution is -2.10. The molecule has 15 heavy (non-hydrogen) atoms. The van der Waals surface area contributed by atoms with E-state index in [2.05, 4.69) is 12.2 Å². The minimum Gasteiger partial charge on any atom is -0.326 e. The van der Waals surface area contributed by atoms with E-state index in [0.29, 0.717) is 12.3 Å². The van der Waals surface area contributed by atoms with Crippen molar-refractivity contribution in [1.29, 1.82) is 0 Å². The number of nitrogens with one attached hydrogen (secondary N) is 1. The summed E-state index contributed by atoms with van der Waals surface area (Å²) < 4.78 is 0. The number of halogens is 1. The van der Waals surface area contributed by atoms with Gasteiger partial charge in [0.05, 0.1) is 0 Å². The van der Waals surface area contributed by atoms with Gasteiger partial charge in [-0.1, -0.05) is 25.5 Å². The number of anilines is 1. The zero-order chi connectivity index (χ0) is 11.1. The Morgan fingerprint density at radius 3 is 2.53 bits per heavy atom. The second-order valence-electron chi connectivity index (χ2n) is 3.48. The molecule has 0 aromatic heterocycles. The first-order chi connectivity index (χ1) is 7.26. The Balaban J connectivity index is 2.46. The fraction of sp³-hybridized carbons (Fsp3) is 0.417. The molecule has 0 aliphatic carbocycles. The van der Waals surface area contributed by atoms with Crippen molar-refractivity contribution < 1.29 is 4.79 Å². The predicted molar refractivity (Wildman–Crippen MR) is 64.2 cm³/mol. The smallest absolute Gasteiger partial charge is 0.224 e. The third kappa shape index (κ3) is 4.34. The van der Waals surface area contributed by atoms with Crippen LogP contribution in [0.3, 0.4) is 0 Å². The molecule has 0 saturated heterocycles. The fourth-order valence-electron chi connectivity index (χ4n) is 1.24. The molecule has 1 aromatic carbocycles. The summed E-state index contributed by atoms with van der Waals surface area (Å²) in [6.45, 7) is 2.07. The van der Waals surface area contributed by atoms with Gasteiger partial charge in [-0.3, -0.25) is 4.79 Å². The highest BCUT2D eigenvalue weighted by Crippen LogP contribution is 2.11. The molecule has 0 aliphatic heterocycles. The molecule has 1 rings (SSSR count). The summed E-state index contributed by atoms with van der Waals surface area (Å²) in [5.41, 5.74) is 1.90. The van der Waals surface area contributed by atoms with Crippen molar-refractivity contribution in [2.75, 3.05) is 5.32 Å². The number of carbonyl (C=O) groups excluding carboxylic acids is 1. The van der Waals surface area contributed by atoms with Gasteiger partial charge in [-0.15, -0.1) is 11.6 Å². The quantitative estimate of drug-likeness (QED) is 0.763. The van der Waals surface area contributed by atoms with E-state index in [1.165, 1.54) is 0 Å². The summed E-state index contributed by atoms with van der Waals surface area (Å²) in [7, 11) is 0. The van der Waals surface area contributed by atoms with Gasteiger partial charge in [-0.05, 0) is 24.1 Å².